The highest BCUT2D eigenvalue weighted by molar-refractivity contribution is 6.02. The molecule has 13 heteroatoms. The molecule has 0 aliphatic rings. The lowest BCUT2D eigenvalue weighted by molar-refractivity contribution is -0.386. The second-order valence-electron chi connectivity index (χ2n) is 6.31. The molecule has 2 aromatic carbocycles. The summed E-state index contributed by atoms with van der Waals surface area (Å²) in [4.78, 5) is 22.8. The zero-order valence-corrected chi connectivity index (χ0v) is 17.0. The monoisotopic (exact) mass is 466 g/mol. The second kappa shape index (κ2) is 10.3. The number of nitro groups is 1. The normalized spacial score (nSPS) is 10.7. The van der Waals surface area contributed by atoms with E-state index in [0.29, 0.717) is 0 Å². The van der Waals surface area contributed by atoms with E-state index in [1.807, 2.05) is 0 Å². The summed E-state index contributed by atoms with van der Waals surface area (Å²) in [5.74, 6) is -1.80. The lowest BCUT2D eigenvalue weighted by Gasteiger charge is -2.13. The predicted octanol–water partition coefficient (Wildman–Crippen LogP) is 4.22. The van der Waals surface area contributed by atoms with Gasteiger partial charge in [0, 0.05) is 30.1 Å². The molecular weight excluding hydrogens is 449 g/mol. The van der Waals surface area contributed by atoms with E-state index in [1.54, 1.807) is 6.92 Å². The molecule has 0 atom stereocenters. The summed E-state index contributed by atoms with van der Waals surface area (Å²) in [6.45, 7) is -1.52. The van der Waals surface area contributed by atoms with Crippen LogP contribution in [-0.4, -0.2) is 33.8 Å². The number of amides is 1. The number of nitrogens with one attached hydrogen (secondary N) is 1. The third-order valence-corrected chi connectivity index (χ3v) is 4.06. The number of alkyl halides is 2. The first kappa shape index (κ1) is 23.4. The largest absolute Gasteiger partial charge is 0.490 e. The van der Waals surface area contributed by atoms with Gasteiger partial charge in [-0.3, -0.25) is 14.9 Å². The fourth-order valence-corrected chi connectivity index (χ4v) is 2.69. The van der Waals surface area contributed by atoms with E-state index in [0.717, 1.165) is 18.2 Å². The highest BCUT2D eigenvalue weighted by Crippen LogP contribution is 2.32. The number of nitro benzene ring substituents is 1. The Balaban J connectivity index is 1.67. The third-order valence-electron chi connectivity index (χ3n) is 4.06. The molecule has 0 unspecified atom stereocenters. The molecule has 0 aliphatic carbocycles. The fraction of sp³-hybridized carbons (Fsp3) is 0.200. The maximum Gasteiger partial charge on any atom is 0.387 e. The predicted molar refractivity (Wildman–Crippen MR) is 108 cm³/mol. The van der Waals surface area contributed by atoms with E-state index >= 15 is 0 Å². The summed E-state index contributed by atoms with van der Waals surface area (Å²) in [6.07, 6.45) is 1.38. The molecule has 174 valence electrons. The number of carbonyl (C=O) groups is 1. The van der Waals surface area contributed by atoms with Crippen molar-refractivity contribution < 1.29 is 37.1 Å². The average Bonchev–Trinajstić information content (AvgIpc) is 3.23. The number of benzene rings is 2. The Morgan fingerprint density at radius 3 is 2.64 bits per heavy atom. The molecule has 0 aliphatic heterocycles. The molecule has 0 fully saturated rings. The van der Waals surface area contributed by atoms with Crippen molar-refractivity contribution in [2.45, 2.75) is 20.3 Å². The molecule has 1 heterocycles. The van der Waals surface area contributed by atoms with E-state index in [4.69, 9.17) is 9.47 Å². The van der Waals surface area contributed by atoms with Crippen LogP contribution in [0.15, 0.2) is 48.7 Å². The minimum absolute atomic E-state index is 0.0196. The Hall–Kier alpha value is -4.29. The summed E-state index contributed by atoms with van der Waals surface area (Å²) >= 11 is 0. The minimum Gasteiger partial charge on any atom is -0.490 e. The van der Waals surface area contributed by atoms with Gasteiger partial charge in [0.05, 0.1) is 11.5 Å². The topological polar surface area (TPSA) is 118 Å². The van der Waals surface area contributed by atoms with Gasteiger partial charge in [-0.15, -0.1) is 0 Å². The standard InChI is InChI=1S/C20H17F3N4O6/c1-2-31-18-10-13(4-6-16(18)33-20(22)23)24-19(28)14-7-8-26(25-14)11-32-17-9-12(21)3-5-15(17)27(29)30/h3-10,20H,2,11H2,1H3,(H,24,28). The molecule has 0 radical (unpaired) electrons. The van der Waals surface area contributed by atoms with Crippen molar-refractivity contribution >= 4 is 17.3 Å². The smallest absolute Gasteiger partial charge is 0.387 e. The van der Waals surface area contributed by atoms with Gasteiger partial charge in [0.15, 0.2) is 23.9 Å². The highest BCUT2D eigenvalue weighted by Gasteiger charge is 2.17. The number of rotatable bonds is 10. The van der Waals surface area contributed by atoms with Crippen molar-refractivity contribution in [1.29, 1.82) is 0 Å². The van der Waals surface area contributed by atoms with E-state index < -0.39 is 28.9 Å². The van der Waals surface area contributed by atoms with Crippen molar-refractivity contribution in [2.75, 3.05) is 11.9 Å². The molecular formula is C20H17F3N4O6. The fourth-order valence-electron chi connectivity index (χ4n) is 2.69. The summed E-state index contributed by atoms with van der Waals surface area (Å²) in [5.41, 5.74) is -0.213. The van der Waals surface area contributed by atoms with E-state index in [1.165, 1.54) is 35.1 Å². The molecule has 10 nitrogen and oxygen atoms in total. The Morgan fingerprint density at radius 1 is 1.15 bits per heavy atom. The first-order valence-corrected chi connectivity index (χ1v) is 9.40. The van der Waals surface area contributed by atoms with Gasteiger partial charge in [0.25, 0.3) is 5.91 Å². The number of aromatic nitrogens is 2. The molecule has 3 aromatic rings. The third kappa shape index (κ3) is 6.12. The Kier molecular flexibility index (Phi) is 7.33. The molecule has 0 bridgehead atoms. The Bertz CT molecular complexity index is 1150. The van der Waals surface area contributed by atoms with Gasteiger partial charge in [-0.2, -0.15) is 13.9 Å². The summed E-state index contributed by atoms with van der Waals surface area (Å²) < 4.78 is 54.5. The van der Waals surface area contributed by atoms with Crippen LogP contribution in [-0.2, 0) is 6.73 Å². The summed E-state index contributed by atoms with van der Waals surface area (Å²) in [6, 6.07) is 8.03. The van der Waals surface area contributed by atoms with Crippen LogP contribution in [0.5, 0.6) is 17.2 Å². The SMILES string of the molecule is CCOc1cc(NC(=O)c2ccn(COc3cc(F)ccc3[N+](=O)[O-])n2)ccc1OC(F)F. The summed E-state index contributed by atoms with van der Waals surface area (Å²) in [7, 11) is 0. The molecule has 33 heavy (non-hydrogen) atoms. The van der Waals surface area contributed by atoms with Crippen LogP contribution in [0.4, 0.5) is 24.5 Å². The van der Waals surface area contributed by atoms with E-state index in [-0.39, 0.29) is 42.0 Å². The number of hydrogen-bond donors (Lipinski definition) is 1. The van der Waals surface area contributed by atoms with Crippen molar-refractivity contribution in [3.8, 4) is 17.2 Å². The summed E-state index contributed by atoms with van der Waals surface area (Å²) in [5, 5.41) is 17.6. The lowest BCUT2D eigenvalue weighted by Crippen LogP contribution is -2.14. The molecule has 1 N–H and O–H groups in total. The number of ether oxygens (including phenoxy) is 3. The minimum atomic E-state index is -3.04. The average molecular weight is 466 g/mol. The number of halogens is 3. The van der Waals surface area contributed by atoms with Gasteiger partial charge < -0.3 is 19.5 Å². The van der Waals surface area contributed by atoms with Crippen molar-refractivity contribution in [1.82, 2.24) is 9.78 Å². The van der Waals surface area contributed by atoms with Gasteiger partial charge in [-0.25, -0.2) is 9.07 Å². The number of carbonyl (C=O) groups excluding carboxylic acids is 1. The van der Waals surface area contributed by atoms with Crippen LogP contribution < -0.4 is 19.5 Å². The lowest BCUT2D eigenvalue weighted by atomic mass is 10.2. The van der Waals surface area contributed by atoms with Crippen molar-refractivity contribution in [3.05, 3.63) is 70.3 Å². The maximum absolute atomic E-state index is 13.4. The molecule has 1 amide bonds. The highest BCUT2D eigenvalue weighted by atomic mass is 19.3. The maximum atomic E-state index is 13.4. The van der Waals surface area contributed by atoms with E-state index in [2.05, 4.69) is 15.2 Å². The van der Waals surface area contributed by atoms with Crippen LogP contribution in [0.2, 0.25) is 0 Å². The number of nitrogens with zero attached hydrogens (tertiary/aromatic N) is 3. The quantitative estimate of drug-likeness (QED) is 0.351. The Labute approximate surface area is 184 Å². The van der Waals surface area contributed by atoms with Crippen molar-refractivity contribution in [3.63, 3.8) is 0 Å². The van der Waals surface area contributed by atoms with E-state index in [9.17, 15) is 28.1 Å². The van der Waals surface area contributed by atoms with Gasteiger partial charge >= 0.3 is 12.3 Å². The van der Waals surface area contributed by atoms with Crippen LogP contribution in [0, 0.1) is 15.9 Å². The molecule has 0 spiro atoms. The first-order valence-electron chi connectivity index (χ1n) is 9.40. The molecule has 3 rings (SSSR count). The van der Waals surface area contributed by atoms with Crippen LogP contribution in [0.3, 0.4) is 0 Å². The number of hydrogen-bond acceptors (Lipinski definition) is 7. The van der Waals surface area contributed by atoms with Gasteiger partial charge in [-0.05, 0) is 31.2 Å². The van der Waals surface area contributed by atoms with Crippen molar-refractivity contribution in [2.24, 2.45) is 0 Å². The first-order chi connectivity index (χ1) is 15.8. The van der Waals surface area contributed by atoms with Gasteiger partial charge in [0.1, 0.15) is 5.82 Å². The molecule has 0 saturated heterocycles. The van der Waals surface area contributed by atoms with Crippen LogP contribution >= 0.6 is 0 Å². The molecule has 0 saturated carbocycles. The van der Waals surface area contributed by atoms with Crippen LogP contribution in [0.1, 0.15) is 17.4 Å². The van der Waals surface area contributed by atoms with Crippen LogP contribution in [0.25, 0.3) is 0 Å². The zero-order valence-electron chi connectivity index (χ0n) is 17.0. The van der Waals surface area contributed by atoms with Gasteiger partial charge in [-0.1, -0.05) is 0 Å². The zero-order chi connectivity index (χ0) is 24.0. The van der Waals surface area contributed by atoms with Gasteiger partial charge in [0.2, 0.25) is 5.75 Å². The Morgan fingerprint density at radius 2 is 1.94 bits per heavy atom. The molecule has 1 aromatic heterocycles. The number of anilines is 1. The second-order valence-corrected chi connectivity index (χ2v) is 6.31.